The molecule has 5 nitrogen and oxygen atoms in total. The molecule has 2 aromatic rings. The molecule has 3 rings (SSSR count). The van der Waals surface area contributed by atoms with Crippen LogP contribution in [0.3, 0.4) is 0 Å². The first kappa shape index (κ1) is 15.1. The quantitative estimate of drug-likeness (QED) is 0.942. The topological polar surface area (TPSA) is 56.8 Å². The minimum Gasteiger partial charge on any atom is -0.490 e. The number of ether oxygens (including phenoxy) is 3. The molecular weight excluding hydrogens is 301 g/mol. The SMILES string of the molecule is O=C(COc1cccc(F)c1)Nc1ccc2c(c1)OCCCO2. The molecule has 0 spiro atoms. The summed E-state index contributed by atoms with van der Waals surface area (Å²) in [6, 6.07) is 10.8. The maximum Gasteiger partial charge on any atom is 0.262 e. The average molecular weight is 317 g/mol. The van der Waals surface area contributed by atoms with E-state index in [1.807, 2.05) is 0 Å². The molecule has 120 valence electrons. The van der Waals surface area contributed by atoms with Crippen LogP contribution in [0, 0.1) is 5.82 Å². The standard InChI is InChI=1S/C17H16FNO4/c18-12-3-1-4-14(9-12)23-11-17(20)19-13-5-6-15-16(10-13)22-8-2-7-21-15/h1,3-6,9-10H,2,7-8,11H2,(H,19,20). The van der Waals surface area contributed by atoms with Gasteiger partial charge in [0.25, 0.3) is 5.91 Å². The molecule has 1 amide bonds. The maximum atomic E-state index is 13.0. The molecule has 23 heavy (non-hydrogen) atoms. The summed E-state index contributed by atoms with van der Waals surface area (Å²) in [5, 5.41) is 2.70. The fourth-order valence-electron chi connectivity index (χ4n) is 2.14. The molecule has 6 heteroatoms. The van der Waals surface area contributed by atoms with Crippen LogP contribution in [0.1, 0.15) is 6.42 Å². The second-order valence-corrected chi connectivity index (χ2v) is 5.01. The number of carbonyl (C=O) groups is 1. The largest absolute Gasteiger partial charge is 0.490 e. The number of anilines is 1. The highest BCUT2D eigenvalue weighted by atomic mass is 19.1. The lowest BCUT2D eigenvalue weighted by atomic mass is 10.2. The fraction of sp³-hybridized carbons (Fsp3) is 0.235. The Morgan fingerprint density at radius 1 is 1.13 bits per heavy atom. The number of hydrogen-bond acceptors (Lipinski definition) is 4. The lowest BCUT2D eigenvalue weighted by molar-refractivity contribution is -0.118. The van der Waals surface area contributed by atoms with Crippen molar-refractivity contribution in [3.8, 4) is 17.2 Å². The normalized spacial score (nSPS) is 13.1. The molecule has 1 aliphatic heterocycles. The van der Waals surface area contributed by atoms with E-state index in [1.54, 1.807) is 24.3 Å². The van der Waals surface area contributed by atoms with Gasteiger partial charge in [0, 0.05) is 24.2 Å². The van der Waals surface area contributed by atoms with Gasteiger partial charge in [-0.3, -0.25) is 4.79 Å². The molecule has 1 N–H and O–H groups in total. The molecule has 0 saturated heterocycles. The lowest BCUT2D eigenvalue weighted by Crippen LogP contribution is -2.20. The number of fused-ring (bicyclic) bond motifs is 1. The zero-order valence-corrected chi connectivity index (χ0v) is 12.4. The second-order valence-electron chi connectivity index (χ2n) is 5.01. The first-order valence-electron chi connectivity index (χ1n) is 7.28. The van der Waals surface area contributed by atoms with Crippen molar-refractivity contribution in [3.05, 3.63) is 48.3 Å². The van der Waals surface area contributed by atoms with Crippen LogP contribution in [0.5, 0.6) is 17.2 Å². The zero-order valence-electron chi connectivity index (χ0n) is 12.4. The minimum atomic E-state index is -0.411. The van der Waals surface area contributed by atoms with Crippen LogP contribution in [0.25, 0.3) is 0 Å². The number of benzene rings is 2. The van der Waals surface area contributed by atoms with E-state index in [0.29, 0.717) is 36.1 Å². The van der Waals surface area contributed by atoms with E-state index >= 15 is 0 Å². The van der Waals surface area contributed by atoms with Crippen LogP contribution in [0.4, 0.5) is 10.1 Å². The van der Waals surface area contributed by atoms with E-state index in [-0.39, 0.29) is 12.5 Å². The van der Waals surface area contributed by atoms with Gasteiger partial charge in [0.05, 0.1) is 13.2 Å². The molecule has 0 radical (unpaired) electrons. The van der Waals surface area contributed by atoms with Crippen LogP contribution in [0.2, 0.25) is 0 Å². The van der Waals surface area contributed by atoms with Gasteiger partial charge in [-0.1, -0.05) is 6.07 Å². The molecule has 1 aliphatic rings. The number of nitrogens with one attached hydrogen (secondary N) is 1. The highest BCUT2D eigenvalue weighted by molar-refractivity contribution is 5.92. The van der Waals surface area contributed by atoms with Gasteiger partial charge in [0.2, 0.25) is 0 Å². The average Bonchev–Trinajstić information content (AvgIpc) is 2.78. The van der Waals surface area contributed by atoms with Gasteiger partial charge < -0.3 is 19.5 Å². The number of rotatable bonds is 4. The van der Waals surface area contributed by atoms with Gasteiger partial charge in [-0.2, -0.15) is 0 Å². The van der Waals surface area contributed by atoms with E-state index in [1.165, 1.54) is 18.2 Å². The number of halogens is 1. The molecule has 0 unspecified atom stereocenters. The fourth-order valence-corrected chi connectivity index (χ4v) is 2.14. The monoisotopic (exact) mass is 317 g/mol. The summed E-state index contributed by atoms with van der Waals surface area (Å²) in [4.78, 5) is 11.9. The van der Waals surface area contributed by atoms with Gasteiger partial charge in [-0.25, -0.2) is 4.39 Å². The van der Waals surface area contributed by atoms with Crippen molar-refractivity contribution in [3.63, 3.8) is 0 Å². The summed E-state index contributed by atoms with van der Waals surface area (Å²) in [5.74, 6) is 0.816. The molecule has 0 saturated carbocycles. The van der Waals surface area contributed by atoms with E-state index in [4.69, 9.17) is 14.2 Å². The molecular formula is C17H16FNO4. The van der Waals surface area contributed by atoms with Crippen molar-refractivity contribution < 1.29 is 23.4 Å². The minimum absolute atomic E-state index is 0.210. The van der Waals surface area contributed by atoms with Crippen molar-refractivity contribution in [1.82, 2.24) is 0 Å². The highest BCUT2D eigenvalue weighted by Gasteiger charge is 2.12. The Morgan fingerprint density at radius 2 is 1.96 bits per heavy atom. The second kappa shape index (κ2) is 7.00. The molecule has 1 heterocycles. The summed E-state index contributed by atoms with van der Waals surface area (Å²) < 4.78 is 29.4. The Hall–Kier alpha value is -2.76. The Morgan fingerprint density at radius 3 is 2.78 bits per heavy atom. The summed E-state index contributed by atoms with van der Waals surface area (Å²) in [7, 11) is 0. The van der Waals surface area contributed by atoms with Crippen LogP contribution >= 0.6 is 0 Å². The third kappa shape index (κ3) is 4.12. The molecule has 0 fully saturated rings. The van der Waals surface area contributed by atoms with Gasteiger partial charge in [0.15, 0.2) is 18.1 Å². The summed E-state index contributed by atoms with van der Waals surface area (Å²) in [6.07, 6.45) is 0.817. The molecule has 0 aliphatic carbocycles. The first-order valence-corrected chi connectivity index (χ1v) is 7.28. The van der Waals surface area contributed by atoms with Crippen molar-refractivity contribution in [2.24, 2.45) is 0 Å². The van der Waals surface area contributed by atoms with Gasteiger partial charge >= 0.3 is 0 Å². The summed E-state index contributed by atoms with van der Waals surface area (Å²) >= 11 is 0. The third-order valence-corrected chi connectivity index (χ3v) is 3.20. The number of carbonyl (C=O) groups excluding carboxylic acids is 1. The predicted octanol–water partition coefficient (Wildman–Crippen LogP) is 3.00. The molecule has 2 aromatic carbocycles. The van der Waals surface area contributed by atoms with E-state index in [0.717, 1.165) is 6.42 Å². The maximum absolute atomic E-state index is 13.0. The summed E-state index contributed by atoms with van der Waals surface area (Å²) in [6.45, 7) is 0.977. The highest BCUT2D eigenvalue weighted by Crippen LogP contribution is 2.32. The Bertz CT molecular complexity index is 705. The van der Waals surface area contributed by atoms with Crippen molar-refractivity contribution in [2.75, 3.05) is 25.1 Å². The van der Waals surface area contributed by atoms with Crippen molar-refractivity contribution in [2.45, 2.75) is 6.42 Å². The number of hydrogen-bond donors (Lipinski definition) is 1. The van der Waals surface area contributed by atoms with Crippen LogP contribution < -0.4 is 19.5 Å². The Balaban J connectivity index is 1.58. The molecule has 0 aromatic heterocycles. The zero-order chi connectivity index (χ0) is 16.1. The third-order valence-electron chi connectivity index (χ3n) is 3.20. The lowest BCUT2D eigenvalue weighted by Gasteiger charge is -2.11. The van der Waals surface area contributed by atoms with Crippen LogP contribution in [-0.2, 0) is 4.79 Å². The van der Waals surface area contributed by atoms with Crippen LogP contribution in [0.15, 0.2) is 42.5 Å². The molecule has 0 atom stereocenters. The van der Waals surface area contributed by atoms with Crippen molar-refractivity contribution >= 4 is 11.6 Å². The van der Waals surface area contributed by atoms with Gasteiger partial charge in [-0.15, -0.1) is 0 Å². The van der Waals surface area contributed by atoms with E-state index in [9.17, 15) is 9.18 Å². The smallest absolute Gasteiger partial charge is 0.262 e. The number of amides is 1. The van der Waals surface area contributed by atoms with E-state index < -0.39 is 5.82 Å². The van der Waals surface area contributed by atoms with Gasteiger partial charge in [0.1, 0.15) is 11.6 Å². The Kier molecular flexibility index (Phi) is 4.61. The predicted molar refractivity (Wildman–Crippen MR) is 82.6 cm³/mol. The van der Waals surface area contributed by atoms with E-state index in [2.05, 4.69) is 5.32 Å². The Labute approximate surface area is 133 Å². The summed E-state index contributed by atoms with van der Waals surface area (Å²) in [5.41, 5.74) is 0.585. The van der Waals surface area contributed by atoms with Crippen molar-refractivity contribution in [1.29, 1.82) is 0 Å². The molecule has 0 bridgehead atoms. The van der Waals surface area contributed by atoms with Gasteiger partial charge in [-0.05, 0) is 24.3 Å². The van der Waals surface area contributed by atoms with Crippen LogP contribution in [-0.4, -0.2) is 25.7 Å². The first-order chi connectivity index (χ1) is 11.2.